The molecule has 0 aliphatic carbocycles. The van der Waals surface area contributed by atoms with Gasteiger partial charge < -0.3 is 15.8 Å². The van der Waals surface area contributed by atoms with Gasteiger partial charge in [0.2, 0.25) is 0 Å². The van der Waals surface area contributed by atoms with Gasteiger partial charge in [-0.2, -0.15) is 0 Å². The highest BCUT2D eigenvalue weighted by Crippen LogP contribution is 2.21. The van der Waals surface area contributed by atoms with Gasteiger partial charge in [-0.05, 0) is 36.6 Å². The number of hydrogen-bond acceptors (Lipinski definition) is 3. The van der Waals surface area contributed by atoms with E-state index in [1.807, 2.05) is 6.07 Å². The molecule has 0 atom stereocenters. The van der Waals surface area contributed by atoms with Gasteiger partial charge in [0.25, 0.3) is 5.91 Å². The first kappa shape index (κ1) is 13.5. The first-order valence-corrected chi connectivity index (χ1v) is 6.26. The van der Waals surface area contributed by atoms with Crippen LogP contribution in [0.15, 0.2) is 30.1 Å². The minimum absolute atomic E-state index is 0.0506. The molecule has 1 aliphatic rings. The lowest BCUT2D eigenvalue weighted by Gasteiger charge is -2.10. The summed E-state index contributed by atoms with van der Waals surface area (Å²) in [5.74, 6) is 0.576. The molecule has 19 heavy (non-hydrogen) atoms. The van der Waals surface area contributed by atoms with Crippen molar-refractivity contribution in [3.63, 3.8) is 0 Å². The predicted octanol–water partition coefficient (Wildman–Crippen LogP) is 1.55. The average Bonchev–Trinajstić information content (AvgIpc) is 2.62. The molecular formula is C14H17FN2O2. The Hall–Kier alpha value is -1.88. The largest absolute Gasteiger partial charge is 0.489 e. The molecule has 0 radical (unpaired) electrons. The third-order valence-corrected chi connectivity index (χ3v) is 3.07. The van der Waals surface area contributed by atoms with Crippen LogP contribution in [0.5, 0.6) is 5.75 Å². The number of hydrogen-bond donors (Lipinski definition) is 2. The normalized spacial score (nSPS) is 15.5. The van der Waals surface area contributed by atoms with Crippen LogP contribution in [0.1, 0.15) is 22.3 Å². The van der Waals surface area contributed by atoms with Crippen molar-refractivity contribution in [1.82, 2.24) is 5.32 Å². The molecule has 0 bridgehead atoms. The Labute approximate surface area is 111 Å². The van der Waals surface area contributed by atoms with Gasteiger partial charge in [-0.3, -0.25) is 4.79 Å². The molecular weight excluding hydrogens is 247 g/mol. The molecule has 3 N–H and O–H groups in total. The number of carbonyl (C=O) groups is 1. The van der Waals surface area contributed by atoms with E-state index in [1.54, 1.807) is 12.1 Å². The zero-order valence-corrected chi connectivity index (χ0v) is 10.6. The van der Waals surface area contributed by atoms with Crippen LogP contribution < -0.4 is 15.8 Å². The van der Waals surface area contributed by atoms with Gasteiger partial charge in [0.05, 0.1) is 6.33 Å². The first-order chi connectivity index (χ1) is 9.24. The standard InChI is InChI=1S/C14H17FN2O2/c15-7-10(8-16)9-19-12-3-4-13-11(6-12)2-1-5-17-14(13)18/h3-4,6-7H,1-2,5,8-9,16H2,(H,17,18)/b10-7-. The number of halogens is 1. The summed E-state index contributed by atoms with van der Waals surface area (Å²) in [4.78, 5) is 11.7. The number of ether oxygens (including phenoxy) is 1. The lowest BCUT2D eigenvalue weighted by Crippen LogP contribution is -2.22. The summed E-state index contributed by atoms with van der Waals surface area (Å²) >= 11 is 0. The van der Waals surface area contributed by atoms with Gasteiger partial charge in [-0.1, -0.05) is 0 Å². The van der Waals surface area contributed by atoms with Crippen LogP contribution in [-0.2, 0) is 6.42 Å². The molecule has 1 aromatic rings. The summed E-state index contributed by atoms with van der Waals surface area (Å²) in [6, 6.07) is 5.30. The molecule has 1 aliphatic heterocycles. The van der Waals surface area contributed by atoms with Crippen LogP contribution in [-0.4, -0.2) is 25.6 Å². The number of benzene rings is 1. The maximum atomic E-state index is 12.4. The Morgan fingerprint density at radius 3 is 3.11 bits per heavy atom. The van der Waals surface area contributed by atoms with Crippen molar-refractivity contribution in [2.45, 2.75) is 12.8 Å². The molecule has 1 amide bonds. The Morgan fingerprint density at radius 1 is 1.53 bits per heavy atom. The zero-order valence-electron chi connectivity index (χ0n) is 10.6. The molecule has 0 saturated heterocycles. The van der Waals surface area contributed by atoms with E-state index in [9.17, 15) is 9.18 Å². The Balaban J connectivity index is 2.12. The summed E-state index contributed by atoms with van der Waals surface area (Å²) < 4.78 is 17.8. The topological polar surface area (TPSA) is 64.3 Å². The maximum Gasteiger partial charge on any atom is 0.251 e. The second kappa shape index (κ2) is 6.33. The van der Waals surface area contributed by atoms with E-state index in [0.29, 0.717) is 29.8 Å². The van der Waals surface area contributed by atoms with E-state index in [0.717, 1.165) is 18.4 Å². The van der Waals surface area contributed by atoms with Crippen LogP contribution in [0.2, 0.25) is 0 Å². The fourth-order valence-electron chi connectivity index (χ4n) is 1.98. The number of nitrogens with two attached hydrogens (primary N) is 1. The van der Waals surface area contributed by atoms with Crippen LogP contribution >= 0.6 is 0 Å². The Kier molecular flexibility index (Phi) is 4.52. The summed E-state index contributed by atoms with van der Waals surface area (Å²) in [7, 11) is 0. The quantitative estimate of drug-likeness (QED) is 0.867. The minimum atomic E-state index is -0.0506. The number of rotatable bonds is 4. The van der Waals surface area contributed by atoms with E-state index >= 15 is 0 Å². The van der Waals surface area contributed by atoms with E-state index in [4.69, 9.17) is 10.5 Å². The lowest BCUT2D eigenvalue weighted by atomic mass is 10.0. The van der Waals surface area contributed by atoms with Crippen molar-refractivity contribution >= 4 is 5.91 Å². The van der Waals surface area contributed by atoms with Crippen LogP contribution in [0.25, 0.3) is 0 Å². The fourth-order valence-corrected chi connectivity index (χ4v) is 1.98. The number of nitrogens with one attached hydrogen (secondary N) is 1. The second-order valence-corrected chi connectivity index (χ2v) is 4.44. The number of carbonyl (C=O) groups excluding carboxylic acids is 1. The molecule has 2 rings (SSSR count). The molecule has 0 aromatic heterocycles. The molecule has 4 nitrogen and oxygen atoms in total. The second-order valence-electron chi connectivity index (χ2n) is 4.44. The molecule has 0 fully saturated rings. The van der Waals surface area contributed by atoms with Crippen LogP contribution in [0.3, 0.4) is 0 Å². The van der Waals surface area contributed by atoms with Crippen molar-refractivity contribution in [2.24, 2.45) is 5.73 Å². The minimum Gasteiger partial charge on any atom is -0.489 e. The van der Waals surface area contributed by atoms with Crippen molar-refractivity contribution in [3.8, 4) is 5.75 Å². The number of fused-ring (bicyclic) bond motifs is 1. The maximum absolute atomic E-state index is 12.4. The van der Waals surface area contributed by atoms with E-state index < -0.39 is 0 Å². The summed E-state index contributed by atoms with van der Waals surface area (Å²) in [6.07, 6.45) is 2.20. The van der Waals surface area contributed by atoms with Gasteiger partial charge in [0, 0.05) is 24.2 Å². The first-order valence-electron chi connectivity index (χ1n) is 6.26. The van der Waals surface area contributed by atoms with Crippen LogP contribution in [0.4, 0.5) is 4.39 Å². The fraction of sp³-hybridized carbons (Fsp3) is 0.357. The Bertz CT molecular complexity index is 500. The smallest absolute Gasteiger partial charge is 0.251 e. The van der Waals surface area contributed by atoms with Crippen molar-refractivity contribution in [1.29, 1.82) is 0 Å². The monoisotopic (exact) mass is 264 g/mol. The number of amides is 1. The molecule has 5 heteroatoms. The highest BCUT2D eigenvalue weighted by atomic mass is 19.1. The third-order valence-electron chi connectivity index (χ3n) is 3.07. The molecule has 0 spiro atoms. The Morgan fingerprint density at radius 2 is 2.37 bits per heavy atom. The van der Waals surface area contributed by atoms with Gasteiger partial charge in [-0.15, -0.1) is 0 Å². The molecule has 1 aromatic carbocycles. The summed E-state index contributed by atoms with van der Waals surface area (Å²) in [6.45, 7) is 0.938. The lowest BCUT2D eigenvalue weighted by molar-refractivity contribution is 0.0956. The van der Waals surface area contributed by atoms with Gasteiger partial charge in [0.15, 0.2) is 0 Å². The number of aryl methyl sites for hydroxylation is 1. The molecule has 1 heterocycles. The summed E-state index contributed by atoms with van der Waals surface area (Å²) in [5.41, 5.74) is 7.40. The van der Waals surface area contributed by atoms with E-state index in [1.165, 1.54) is 0 Å². The van der Waals surface area contributed by atoms with E-state index in [-0.39, 0.29) is 19.1 Å². The van der Waals surface area contributed by atoms with Crippen molar-refractivity contribution in [2.75, 3.05) is 19.7 Å². The summed E-state index contributed by atoms with van der Waals surface area (Å²) in [5, 5.41) is 2.83. The average molecular weight is 264 g/mol. The van der Waals surface area contributed by atoms with Crippen LogP contribution in [0, 0.1) is 0 Å². The zero-order chi connectivity index (χ0) is 13.7. The van der Waals surface area contributed by atoms with Crippen molar-refractivity contribution in [3.05, 3.63) is 41.2 Å². The highest BCUT2D eigenvalue weighted by Gasteiger charge is 2.15. The van der Waals surface area contributed by atoms with Gasteiger partial charge in [0.1, 0.15) is 12.4 Å². The molecule has 102 valence electrons. The SMILES string of the molecule is NC/C(=C/F)COc1ccc2c(c1)CCCNC2=O. The molecule has 0 unspecified atom stereocenters. The van der Waals surface area contributed by atoms with E-state index in [2.05, 4.69) is 5.32 Å². The highest BCUT2D eigenvalue weighted by molar-refractivity contribution is 5.96. The predicted molar refractivity (Wildman–Crippen MR) is 70.8 cm³/mol. The van der Waals surface area contributed by atoms with Gasteiger partial charge >= 0.3 is 0 Å². The third kappa shape index (κ3) is 3.32. The van der Waals surface area contributed by atoms with Crippen molar-refractivity contribution < 1.29 is 13.9 Å². The van der Waals surface area contributed by atoms with Gasteiger partial charge in [-0.25, -0.2) is 4.39 Å². The molecule has 0 saturated carbocycles.